The monoisotopic (exact) mass is 228 g/mol. The molecule has 5 heteroatoms. The molecule has 0 radical (unpaired) electrons. The lowest BCUT2D eigenvalue weighted by atomic mass is 10.2. The fourth-order valence-electron chi connectivity index (χ4n) is 1.20. The first-order chi connectivity index (χ1) is 7.13. The molecule has 82 valence electrons. The van der Waals surface area contributed by atoms with Gasteiger partial charge in [0.05, 0.1) is 24.7 Å². The molecule has 4 nitrogen and oxygen atoms in total. The Balaban J connectivity index is 3.35. The third-order valence-electron chi connectivity index (χ3n) is 1.91. The number of ether oxygens (including phenoxy) is 2. The number of thioether (sulfide) groups is 1. The van der Waals surface area contributed by atoms with Crippen LogP contribution in [-0.4, -0.2) is 31.6 Å². The zero-order valence-electron chi connectivity index (χ0n) is 8.73. The van der Waals surface area contributed by atoms with Gasteiger partial charge in [0.2, 0.25) is 0 Å². The molecule has 0 aromatic heterocycles. The topological polar surface area (TPSA) is 55.8 Å². The van der Waals surface area contributed by atoms with Crippen molar-refractivity contribution in [3.8, 4) is 11.5 Å². The Kier molecular flexibility index (Phi) is 3.85. The van der Waals surface area contributed by atoms with Gasteiger partial charge in [0.25, 0.3) is 0 Å². The summed E-state index contributed by atoms with van der Waals surface area (Å²) < 4.78 is 10.2. The van der Waals surface area contributed by atoms with Crippen LogP contribution in [0.5, 0.6) is 11.5 Å². The highest BCUT2D eigenvalue weighted by molar-refractivity contribution is 7.98. The van der Waals surface area contributed by atoms with Crippen LogP contribution in [0.15, 0.2) is 17.0 Å². The lowest BCUT2D eigenvalue weighted by Crippen LogP contribution is -2.00. The highest BCUT2D eigenvalue weighted by Gasteiger charge is 2.14. The summed E-state index contributed by atoms with van der Waals surface area (Å²) in [5, 5.41) is 8.88. The van der Waals surface area contributed by atoms with Gasteiger partial charge in [0.15, 0.2) is 11.5 Å². The van der Waals surface area contributed by atoms with Gasteiger partial charge in [-0.1, -0.05) is 0 Å². The Labute approximate surface area is 92.2 Å². The summed E-state index contributed by atoms with van der Waals surface area (Å²) in [6.45, 7) is 0. The van der Waals surface area contributed by atoms with Gasteiger partial charge < -0.3 is 14.6 Å². The first kappa shape index (κ1) is 11.7. The van der Waals surface area contributed by atoms with Crippen molar-refractivity contribution in [1.29, 1.82) is 0 Å². The van der Waals surface area contributed by atoms with Crippen LogP contribution in [0.1, 0.15) is 10.4 Å². The van der Waals surface area contributed by atoms with Crippen molar-refractivity contribution in [3.05, 3.63) is 17.7 Å². The van der Waals surface area contributed by atoms with Crippen molar-refractivity contribution >= 4 is 17.7 Å². The number of hydrogen-bond donors (Lipinski definition) is 1. The maximum absolute atomic E-state index is 10.8. The van der Waals surface area contributed by atoms with Crippen LogP contribution in [0.2, 0.25) is 0 Å². The van der Waals surface area contributed by atoms with Crippen LogP contribution < -0.4 is 9.47 Å². The molecule has 1 N–H and O–H groups in total. The molecule has 1 aromatic carbocycles. The minimum Gasteiger partial charge on any atom is -0.493 e. The maximum Gasteiger partial charge on any atom is 0.335 e. The number of carboxylic acids is 1. The van der Waals surface area contributed by atoms with E-state index < -0.39 is 5.97 Å². The molecule has 0 saturated carbocycles. The van der Waals surface area contributed by atoms with Crippen molar-refractivity contribution in [2.24, 2.45) is 0 Å². The van der Waals surface area contributed by atoms with Gasteiger partial charge in [0, 0.05) is 0 Å². The van der Waals surface area contributed by atoms with Gasteiger partial charge in [-0.2, -0.15) is 0 Å². The van der Waals surface area contributed by atoms with Gasteiger partial charge in [-0.15, -0.1) is 11.8 Å². The Morgan fingerprint density at radius 1 is 1.33 bits per heavy atom. The zero-order chi connectivity index (χ0) is 11.4. The summed E-state index contributed by atoms with van der Waals surface area (Å²) in [4.78, 5) is 11.6. The highest BCUT2D eigenvalue weighted by Crippen LogP contribution is 2.37. The van der Waals surface area contributed by atoms with Crippen LogP contribution in [0.25, 0.3) is 0 Å². The highest BCUT2D eigenvalue weighted by atomic mass is 32.2. The Hall–Kier alpha value is -1.36. The van der Waals surface area contributed by atoms with E-state index in [0.717, 1.165) is 4.90 Å². The standard InChI is InChI=1S/C10H12O4S/c1-13-7-4-6(10(11)12)5-8(15-3)9(7)14-2/h4-5H,1-3H3,(H,11,12). The molecule has 0 aliphatic heterocycles. The van der Waals surface area contributed by atoms with E-state index in [4.69, 9.17) is 14.6 Å². The van der Waals surface area contributed by atoms with Crippen LogP contribution in [0.4, 0.5) is 0 Å². The Morgan fingerprint density at radius 2 is 2.00 bits per heavy atom. The van der Waals surface area contributed by atoms with Crippen molar-refractivity contribution in [2.45, 2.75) is 4.90 Å². The van der Waals surface area contributed by atoms with Crippen LogP contribution in [0.3, 0.4) is 0 Å². The third kappa shape index (κ3) is 2.36. The molecule has 1 rings (SSSR count). The zero-order valence-corrected chi connectivity index (χ0v) is 9.55. The average molecular weight is 228 g/mol. The van der Waals surface area contributed by atoms with E-state index in [1.807, 2.05) is 6.26 Å². The van der Waals surface area contributed by atoms with Crippen molar-refractivity contribution in [2.75, 3.05) is 20.5 Å². The van der Waals surface area contributed by atoms with Gasteiger partial charge in [-0.05, 0) is 18.4 Å². The molecular weight excluding hydrogens is 216 g/mol. The molecule has 0 amide bonds. The van der Waals surface area contributed by atoms with Gasteiger partial charge >= 0.3 is 5.97 Å². The summed E-state index contributed by atoms with van der Waals surface area (Å²) in [5.41, 5.74) is 0.192. The van der Waals surface area contributed by atoms with Crippen LogP contribution in [0, 0.1) is 0 Å². The molecule has 0 bridgehead atoms. The lowest BCUT2D eigenvalue weighted by molar-refractivity contribution is 0.0696. The number of benzene rings is 1. The Bertz CT molecular complexity index is 351. The molecule has 0 saturated heterocycles. The lowest BCUT2D eigenvalue weighted by Gasteiger charge is -2.12. The Morgan fingerprint density at radius 3 is 2.40 bits per heavy atom. The van der Waals surface area contributed by atoms with E-state index in [9.17, 15) is 4.79 Å². The second kappa shape index (κ2) is 4.93. The van der Waals surface area contributed by atoms with E-state index in [1.54, 1.807) is 6.07 Å². The molecule has 0 fully saturated rings. The van der Waals surface area contributed by atoms with E-state index in [2.05, 4.69) is 0 Å². The quantitative estimate of drug-likeness (QED) is 0.800. The minimum absolute atomic E-state index is 0.192. The molecule has 0 aliphatic rings. The number of aromatic carboxylic acids is 1. The average Bonchev–Trinajstić information content (AvgIpc) is 2.26. The predicted octanol–water partition coefficient (Wildman–Crippen LogP) is 2.12. The second-order valence-electron chi connectivity index (χ2n) is 2.72. The molecule has 15 heavy (non-hydrogen) atoms. The van der Waals surface area contributed by atoms with Gasteiger partial charge in [-0.25, -0.2) is 4.79 Å². The fraction of sp³-hybridized carbons (Fsp3) is 0.300. The maximum atomic E-state index is 10.8. The van der Waals surface area contributed by atoms with Crippen LogP contribution in [-0.2, 0) is 0 Å². The normalized spacial score (nSPS) is 9.80. The first-order valence-electron chi connectivity index (χ1n) is 4.17. The van der Waals surface area contributed by atoms with E-state index >= 15 is 0 Å². The molecule has 0 spiro atoms. The molecule has 0 atom stereocenters. The molecule has 0 aliphatic carbocycles. The summed E-state index contributed by atoms with van der Waals surface area (Å²) in [7, 11) is 3.01. The molecular formula is C10H12O4S. The predicted molar refractivity (Wildman–Crippen MR) is 58.3 cm³/mol. The number of rotatable bonds is 4. The minimum atomic E-state index is -0.980. The number of carboxylic acid groups (broad SMARTS) is 1. The van der Waals surface area contributed by atoms with Gasteiger partial charge in [-0.3, -0.25) is 0 Å². The summed E-state index contributed by atoms with van der Waals surface area (Å²) in [6, 6.07) is 3.01. The van der Waals surface area contributed by atoms with Crippen molar-refractivity contribution < 1.29 is 19.4 Å². The number of hydrogen-bond acceptors (Lipinski definition) is 4. The molecule has 1 aromatic rings. The second-order valence-corrected chi connectivity index (χ2v) is 3.57. The fourth-order valence-corrected chi connectivity index (χ4v) is 1.82. The van der Waals surface area contributed by atoms with E-state index in [1.165, 1.54) is 32.0 Å². The third-order valence-corrected chi connectivity index (χ3v) is 2.65. The first-order valence-corrected chi connectivity index (χ1v) is 5.39. The van der Waals surface area contributed by atoms with E-state index in [-0.39, 0.29) is 5.56 Å². The SMILES string of the molecule is COc1cc(C(=O)O)cc(SC)c1OC. The summed E-state index contributed by atoms with van der Waals surface area (Å²) >= 11 is 1.41. The van der Waals surface area contributed by atoms with Crippen molar-refractivity contribution in [3.63, 3.8) is 0 Å². The largest absolute Gasteiger partial charge is 0.493 e. The number of methoxy groups -OCH3 is 2. The molecule has 0 unspecified atom stereocenters. The summed E-state index contributed by atoms with van der Waals surface area (Å²) in [5.74, 6) is 0.0167. The molecule has 0 heterocycles. The van der Waals surface area contributed by atoms with Crippen LogP contribution >= 0.6 is 11.8 Å². The van der Waals surface area contributed by atoms with Gasteiger partial charge in [0.1, 0.15) is 0 Å². The summed E-state index contributed by atoms with van der Waals surface area (Å²) in [6.07, 6.45) is 1.85. The smallest absolute Gasteiger partial charge is 0.335 e. The van der Waals surface area contributed by atoms with E-state index in [0.29, 0.717) is 11.5 Å². The number of carbonyl (C=O) groups is 1. The van der Waals surface area contributed by atoms with Crippen molar-refractivity contribution in [1.82, 2.24) is 0 Å².